The van der Waals surface area contributed by atoms with Gasteiger partial charge in [0.1, 0.15) is 0 Å². The quantitative estimate of drug-likeness (QED) is 0.776. The van der Waals surface area contributed by atoms with Crippen molar-refractivity contribution in [3.05, 3.63) is 11.7 Å². The van der Waals surface area contributed by atoms with E-state index in [1.54, 1.807) is 0 Å². The van der Waals surface area contributed by atoms with Gasteiger partial charge >= 0.3 is 0 Å². The zero-order chi connectivity index (χ0) is 11.4. The smallest absolute Gasteiger partial charge is 0.292 e. The van der Waals surface area contributed by atoms with Gasteiger partial charge in [-0.05, 0) is 12.8 Å². The van der Waals surface area contributed by atoms with Crippen LogP contribution in [0, 0.1) is 0 Å². The van der Waals surface area contributed by atoms with Crippen LogP contribution in [-0.2, 0) is 6.54 Å². The number of hydrogen-bond donors (Lipinski definition) is 2. The number of hydrogen-bond acceptors (Lipinski definition) is 5. The molecule has 0 atom stereocenters. The number of rotatable bonds is 4. The largest absolute Gasteiger partial charge is 0.352 e. The standard InChI is InChI=1S/C10H16N4O2/c1-11-10(15)9-13-8(16-14-9)6-12-7-4-2-3-5-7/h7,12H,2-6H2,1H3,(H,11,15). The first-order valence-corrected chi connectivity index (χ1v) is 5.57. The van der Waals surface area contributed by atoms with Crippen molar-refractivity contribution in [1.82, 2.24) is 20.8 Å². The van der Waals surface area contributed by atoms with E-state index < -0.39 is 0 Å². The molecule has 1 saturated carbocycles. The number of aromatic nitrogens is 2. The van der Waals surface area contributed by atoms with Crippen molar-refractivity contribution in [1.29, 1.82) is 0 Å². The number of nitrogens with one attached hydrogen (secondary N) is 2. The van der Waals surface area contributed by atoms with Crippen LogP contribution in [0.2, 0.25) is 0 Å². The molecule has 0 radical (unpaired) electrons. The Balaban J connectivity index is 1.85. The predicted molar refractivity (Wildman–Crippen MR) is 56.8 cm³/mol. The van der Waals surface area contributed by atoms with Gasteiger partial charge in [-0.25, -0.2) is 0 Å². The predicted octanol–water partition coefficient (Wildman–Crippen LogP) is 0.461. The van der Waals surface area contributed by atoms with Crippen LogP contribution < -0.4 is 10.6 Å². The third kappa shape index (κ3) is 2.57. The molecule has 1 aromatic rings. The molecule has 1 heterocycles. The highest BCUT2D eigenvalue weighted by atomic mass is 16.5. The molecule has 0 bridgehead atoms. The fourth-order valence-electron chi connectivity index (χ4n) is 1.89. The molecule has 0 saturated heterocycles. The number of carbonyl (C=O) groups is 1. The summed E-state index contributed by atoms with van der Waals surface area (Å²) in [6, 6.07) is 0.551. The molecule has 2 rings (SSSR count). The Hall–Kier alpha value is -1.43. The Morgan fingerprint density at radius 2 is 2.25 bits per heavy atom. The molecule has 16 heavy (non-hydrogen) atoms. The van der Waals surface area contributed by atoms with Crippen molar-refractivity contribution in [2.24, 2.45) is 0 Å². The molecule has 0 aliphatic heterocycles. The van der Waals surface area contributed by atoms with Crippen molar-refractivity contribution >= 4 is 5.91 Å². The van der Waals surface area contributed by atoms with E-state index in [-0.39, 0.29) is 11.7 Å². The lowest BCUT2D eigenvalue weighted by molar-refractivity contribution is 0.0950. The summed E-state index contributed by atoms with van der Waals surface area (Å²) in [5.41, 5.74) is 0. The zero-order valence-electron chi connectivity index (χ0n) is 9.32. The van der Waals surface area contributed by atoms with Gasteiger partial charge in [-0.15, -0.1) is 0 Å². The van der Waals surface area contributed by atoms with Crippen molar-refractivity contribution in [2.75, 3.05) is 7.05 Å². The second kappa shape index (κ2) is 5.07. The van der Waals surface area contributed by atoms with Gasteiger partial charge in [0.05, 0.1) is 6.54 Å². The minimum atomic E-state index is -0.323. The van der Waals surface area contributed by atoms with Crippen LogP contribution in [0.5, 0.6) is 0 Å². The van der Waals surface area contributed by atoms with Crippen LogP contribution in [0.15, 0.2) is 4.52 Å². The van der Waals surface area contributed by atoms with E-state index >= 15 is 0 Å². The van der Waals surface area contributed by atoms with Gasteiger partial charge in [-0.1, -0.05) is 18.0 Å². The van der Waals surface area contributed by atoms with E-state index in [0.717, 1.165) is 0 Å². The average molecular weight is 224 g/mol. The lowest BCUT2D eigenvalue weighted by atomic mass is 10.2. The number of nitrogens with zero attached hydrogens (tertiary/aromatic N) is 2. The monoisotopic (exact) mass is 224 g/mol. The van der Waals surface area contributed by atoms with Crippen LogP contribution >= 0.6 is 0 Å². The summed E-state index contributed by atoms with van der Waals surface area (Å²) in [5, 5.41) is 9.38. The van der Waals surface area contributed by atoms with Crippen LogP contribution in [0.4, 0.5) is 0 Å². The van der Waals surface area contributed by atoms with Crippen molar-refractivity contribution < 1.29 is 9.32 Å². The van der Waals surface area contributed by atoms with Crippen LogP contribution in [-0.4, -0.2) is 29.1 Å². The first-order chi connectivity index (χ1) is 7.79. The molecule has 1 aromatic heterocycles. The maximum Gasteiger partial charge on any atom is 0.292 e. The minimum absolute atomic E-state index is 0.0886. The number of carbonyl (C=O) groups excluding carboxylic acids is 1. The summed E-state index contributed by atoms with van der Waals surface area (Å²) < 4.78 is 4.96. The van der Waals surface area contributed by atoms with E-state index in [4.69, 9.17) is 4.52 Å². The highest BCUT2D eigenvalue weighted by molar-refractivity contribution is 5.89. The highest BCUT2D eigenvalue weighted by Crippen LogP contribution is 2.17. The van der Waals surface area contributed by atoms with Gasteiger partial charge in [0.15, 0.2) is 0 Å². The molecule has 1 fully saturated rings. The molecule has 88 valence electrons. The lowest BCUT2D eigenvalue weighted by Crippen LogP contribution is -2.25. The maximum absolute atomic E-state index is 11.2. The first-order valence-electron chi connectivity index (χ1n) is 5.57. The molecule has 0 aromatic carbocycles. The van der Waals surface area contributed by atoms with Gasteiger partial charge in [0, 0.05) is 13.1 Å². The number of amides is 1. The Morgan fingerprint density at radius 1 is 1.50 bits per heavy atom. The highest BCUT2D eigenvalue weighted by Gasteiger charge is 2.16. The third-order valence-electron chi connectivity index (χ3n) is 2.80. The molecule has 6 nitrogen and oxygen atoms in total. The summed E-state index contributed by atoms with van der Waals surface area (Å²) in [4.78, 5) is 15.2. The molecule has 0 spiro atoms. The zero-order valence-corrected chi connectivity index (χ0v) is 9.32. The topological polar surface area (TPSA) is 80.0 Å². The van der Waals surface area contributed by atoms with Gasteiger partial charge in [0.2, 0.25) is 5.89 Å². The molecule has 2 N–H and O–H groups in total. The van der Waals surface area contributed by atoms with E-state index in [1.165, 1.54) is 32.7 Å². The molecule has 1 aliphatic carbocycles. The van der Waals surface area contributed by atoms with E-state index in [2.05, 4.69) is 20.8 Å². The second-order valence-electron chi connectivity index (χ2n) is 3.95. The lowest BCUT2D eigenvalue weighted by Gasteiger charge is -2.08. The van der Waals surface area contributed by atoms with E-state index in [9.17, 15) is 4.79 Å². The average Bonchev–Trinajstić information content (AvgIpc) is 2.96. The molecular formula is C10H16N4O2. The van der Waals surface area contributed by atoms with Crippen molar-refractivity contribution in [3.63, 3.8) is 0 Å². The first kappa shape index (κ1) is 11.1. The van der Waals surface area contributed by atoms with Crippen LogP contribution in [0.25, 0.3) is 0 Å². The Labute approximate surface area is 93.8 Å². The third-order valence-corrected chi connectivity index (χ3v) is 2.80. The summed E-state index contributed by atoms with van der Waals surface area (Å²) in [7, 11) is 1.54. The molecule has 0 unspecified atom stereocenters. The second-order valence-corrected chi connectivity index (χ2v) is 3.95. The summed E-state index contributed by atoms with van der Waals surface area (Å²) >= 11 is 0. The van der Waals surface area contributed by atoms with Crippen LogP contribution in [0.3, 0.4) is 0 Å². The van der Waals surface area contributed by atoms with Gasteiger partial charge in [-0.2, -0.15) is 4.98 Å². The van der Waals surface area contributed by atoms with E-state index in [0.29, 0.717) is 18.5 Å². The Bertz CT molecular complexity index is 357. The fraction of sp³-hybridized carbons (Fsp3) is 0.700. The normalized spacial score (nSPS) is 16.6. The fourth-order valence-corrected chi connectivity index (χ4v) is 1.89. The summed E-state index contributed by atoms with van der Waals surface area (Å²) in [6.45, 7) is 0.536. The van der Waals surface area contributed by atoms with Crippen LogP contribution in [0.1, 0.15) is 42.2 Å². The van der Waals surface area contributed by atoms with Crippen molar-refractivity contribution in [3.8, 4) is 0 Å². The molecule has 1 aliphatic rings. The minimum Gasteiger partial charge on any atom is -0.352 e. The summed E-state index contributed by atoms with van der Waals surface area (Å²) in [5.74, 6) is 0.229. The SMILES string of the molecule is CNC(=O)c1noc(CNC2CCCC2)n1. The molecule has 6 heteroatoms. The van der Waals surface area contributed by atoms with Crippen molar-refractivity contribution in [2.45, 2.75) is 38.3 Å². The molecule has 1 amide bonds. The van der Waals surface area contributed by atoms with Gasteiger partial charge in [-0.3, -0.25) is 4.79 Å². The summed E-state index contributed by atoms with van der Waals surface area (Å²) in [6.07, 6.45) is 4.98. The molecular weight excluding hydrogens is 208 g/mol. The van der Waals surface area contributed by atoms with Gasteiger partial charge in [0.25, 0.3) is 11.7 Å². The Morgan fingerprint density at radius 3 is 2.94 bits per heavy atom. The van der Waals surface area contributed by atoms with E-state index in [1.807, 2.05) is 0 Å². The maximum atomic E-state index is 11.2. The Kier molecular flexibility index (Phi) is 3.51. The van der Waals surface area contributed by atoms with Gasteiger partial charge < -0.3 is 15.2 Å².